The fraction of sp³-hybridized carbons (Fsp3) is 0.922. The quantitative estimate of drug-likeness (QED) is 0.0386. The summed E-state index contributed by atoms with van der Waals surface area (Å²) in [6, 6.07) is 0.448. The van der Waals surface area contributed by atoms with Gasteiger partial charge in [-0.15, -0.1) is 0 Å². The zero-order valence-electron chi connectivity index (χ0n) is 38.5. The zero-order valence-corrected chi connectivity index (χ0v) is 38.5. The van der Waals surface area contributed by atoms with Crippen LogP contribution in [0.2, 0.25) is 0 Å². The number of ether oxygens (including phenoxy) is 1. The second-order valence-corrected chi connectivity index (χ2v) is 18.3. The van der Waals surface area contributed by atoms with Crippen LogP contribution in [0.5, 0.6) is 0 Å². The lowest BCUT2D eigenvalue weighted by Crippen LogP contribution is -2.53. The van der Waals surface area contributed by atoms with Gasteiger partial charge in [0.05, 0.1) is 0 Å². The summed E-state index contributed by atoms with van der Waals surface area (Å²) in [5, 5.41) is 3.47. The molecule has 2 rings (SSSR count). The van der Waals surface area contributed by atoms with Crippen molar-refractivity contribution < 1.29 is 14.3 Å². The van der Waals surface area contributed by atoms with Crippen molar-refractivity contribution in [3.8, 4) is 0 Å². The first-order valence-electron chi connectivity index (χ1n) is 25.6. The molecule has 0 spiro atoms. The third-order valence-electron chi connectivity index (χ3n) is 13.1. The van der Waals surface area contributed by atoms with Crippen LogP contribution in [0.4, 0.5) is 0 Å². The molecule has 1 saturated heterocycles. The number of carbonyl (C=O) groups excluding carboxylic acids is 2. The van der Waals surface area contributed by atoms with Gasteiger partial charge in [0.1, 0.15) is 12.6 Å². The Balaban J connectivity index is 1.85. The highest BCUT2D eigenvalue weighted by molar-refractivity contribution is 5.88. The van der Waals surface area contributed by atoms with Gasteiger partial charge in [-0.3, -0.25) is 9.59 Å². The molecule has 1 saturated carbocycles. The molecule has 1 aliphatic heterocycles. The van der Waals surface area contributed by atoms with Crippen molar-refractivity contribution in [3.05, 3.63) is 12.2 Å². The Morgan fingerprint density at radius 1 is 0.632 bits per heavy atom. The molecule has 2 aliphatic rings. The third-order valence-corrected chi connectivity index (χ3v) is 13.1. The number of nitrogens with zero attached hydrogens (tertiary/aromatic N) is 2. The summed E-state index contributed by atoms with van der Waals surface area (Å²) in [5.74, 6) is 0.0948. The molecule has 2 fully saturated rings. The number of nitrogens with one attached hydrogen (secondary N) is 1. The summed E-state index contributed by atoms with van der Waals surface area (Å²) >= 11 is 0. The molecule has 6 nitrogen and oxygen atoms in total. The van der Waals surface area contributed by atoms with Crippen molar-refractivity contribution in [3.63, 3.8) is 0 Å². The highest BCUT2D eigenvalue weighted by Gasteiger charge is 2.31. The topological polar surface area (TPSA) is 61.9 Å². The zero-order chi connectivity index (χ0) is 40.9. The Hall–Kier alpha value is -1.40. The van der Waals surface area contributed by atoms with E-state index in [2.05, 4.69) is 43.1 Å². The van der Waals surface area contributed by atoms with Gasteiger partial charge >= 0.3 is 0 Å². The summed E-state index contributed by atoms with van der Waals surface area (Å²) in [4.78, 5) is 32.8. The van der Waals surface area contributed by atoms with Gasteiger partial charge in [0.2, 0.25) is 11.8 Å². The standard InChI is InChI=1S/C51H97N3O3/c1-4-6-8-10-12-14-16-18-20-22-24-26-30-36-45-57-46-50(55)54(44-37-43-53-42-35-34-38-47(53)3)49(51(56)52-48-39-31-28-29-32-40-48)41-33-27-25-23-21-19-17-15-13-11-9-7-5-2/h11,13,47-49H,4-10,12,14-46H2,1-3H3,(H,52,56)/b13-11-. The second-order valence-electron chi connectivity index (χ2n) is 18.3. The fourth-order valence-electron chi connectivity index (χ4n) is 9.22. The minimum absolute atomic E-state index is 0.0109. The van der Waals surface area contributed by atoms with Crippen LogP contribution < -0.4 is 5.32 Å². The molecule has 6 heteroatoms. The van der Waals surface area contributed by atoms with Crippen molar-refractivity contribution >= 4 is 11.8 Å². The maximum Gasteiger partial charge on any atom is 0.249 e. The van der Waals surface area contributed by atoms with E-state index in [4.69, 9.17) is 4.74 Å². The van der Waals surface area contributed by atoms with Crippen LogP contribution in [0.1, 0.15) is 252 Å². The van der Waals surface area contributed by atoms with Crippen molar-refractivity contribution in [2.24, 2.45) is 0 Å². The van der Waals surface area contributed by atoms with Crippen LogP contribution in [0.15, 0.2) is 12.2 Å². The van der Waals surface area contributed by atoms with E-state index in [1.807, 2.05) is 4.90 Å². The Labute approximate surface area is 355 Å². The van der Waals surface area contributed by atoms with E-state index in [1.165, 1.54) is 186 Å². The first-order valence-corrected chi connectivity index (χ1v) is 25.6. The van der Waals surface area contributed by atoms with Crippen LogP contribution in [0, 0.1) is 0 Å². The lowest BCUT2D eigenvalue weighted by atomic mass is 10.0. The Morgan fingerprint density at radius 2 is 1.16 bits per heavy atom. The normalized spacial score (nSPS) is 17.6. The average molecular weight is 800 g/mol. The van der Waals surface area contributed by atoms with Gasteiger partial charge < -0.3 is 19.9 Å². The molecule has 2 amide bonds. The number of rotatable bonds is 37. The van der Waals surface area contributed by atoms with Crippen LogP contribution in [0.3, 0.4) is 0 Å². The van der Waals surface area contributed by atoms with E-state index in [9.17, 15) is 9.59 Å². The largest absolute Gasteiger partial charge is 0.372 e. The van der Waals surface area contributed by atoms with Gasteiger partial charge in [0.25, 0.3) is 0 Å². The van der Waals surface area contributed by atoms with Gasteiger partial charge in [-0.05, 0) is 77.7 Å². The number of amides is 2. The summed E-state index contributed by atoms with van der Waals surface area (Å²) in [6.45, 7) is 10.4. The van der Waals surface area contributed by atoms with Crippen molar-refractivity contribution in [1.29, 1.82) is 0 Å². The molecule has 2 unspecified atom stereocenters. The molecule has 0 aromatic carbocycles. The molecule has 1 heterocycles. The minimum atomic E-state index is -0.399. The second kappa shape index (κ2) is 37.6. The number of hydrogen-bond donors (Lipinski definition) is 1. The van der Waals surface area contributed by atoms with E-state index in [0.717, 1.165) is 58.0 Å². The van der Waals surface area contributed by atoms with Gasteiger partial charge in [0.15, 0.2) is 0 Å². The van der Waals surface area contributed by atoms with E-state index < -0.39 is 6.04 Å². The lowest BCUT2D eigenvalue weighted by Gasteiger charge is -2.35. The number of hydrogen-bond acceptors (Lipinski definition) is 4. The Bertz CT molecular complexity index is 948. The molecule has 2 atom stereocenters. The van der Waals surface area contributed by atoms with E-state index >= 15 is 0 Å². The molecule has 0 bridgehead atoms. The van der Waals surface area contributed by atoms with Gasteiger partial charge in [0, 0.05) is 31.8 Å². The maximum absolute atomic E-state index is 14.2. The summed E-state index contributed by atoms with van der Waals surface area (Å²) in [7, 11) is 0. The molecular weight excluding hydrogens is 703 g/mol. The number of allylic oxidation sites excluding steroid dienone is 2. The van der Waals surface area contributed by atoms with Crippen LogP contribution in [-0.2, 0) is 14.3 Å². The highest BCUT2D eigenvalue weighted by Crippen LogP contribution is 2.21. The van der Waals surface area contributed by atoms with Crippen molar-refractivity contribution in [2.75, 3.05) is 32.8 Å². The van der Waals surface area contributed by atoms with Crippen molar-refractivity contribution in [1.82, 2.24) is 15.1 Å². The summed E-state index contributed by atoms with van der Waals surface area (Å²) in [5.41, 5.74) is 0. The maximum atomic E-state index is 14.2. The van der Waals surface area contributed by atoms with E-state index in [1.54, 1.807) is 0 Å². The smallest absolute Gasteiger partial charge is 0.249 e. The first-order chi connectivity index (χ1) is 28.1. The summed E-state index contributed by atoms with van der Waals surface area (Å²) < 4.78 is 6.08. The van der Waals surface area contributed by atoms with Gasteiger partial charge in [-0.1, -0.05) is 193 Å². The van der Waals surface area contributed by atoms with Crippen LogP contribution in [-0.4, -0.2) is 72.6 Å². The molecule has 1 aliphatic carbocycles. The SMILES string of the molecule is CCCC/C=C\CCCCCCCCCC(C(=O)NC1CCCCCC1)N(CCCN1CCCCC1C)C(=O)COCCCCCCCCCCCCCCCC. The predicted molar refractivity (Wildman–Crippen MR) is 246 cm³/mol. The minimum Gasteiger partial charge on any atom is -0.372 e. The molecule has 0 radical (unpaired) electrons. The first kappa shape index (κ1) is 51.7. The summed E-state index contributed by atoms with van der Waals surface area (Å²) in [6.07, 6.45) is 49.5. The Kier molecular flexibility index (Phi) is 34.1. The van der Waals surface area contributed by atoms with E-state index in [-0.39, 0.29) is 24.5 Å². The van der Waals surface area contributed by atoms with Crippen molar-refractivity contribution in [2.45, 2.75) is 270 Å². The number of unbranched alkanes of at least 4 members (excludes halogenated alkanes) is 22. The molecule has 0 aromatic heterocycles. The van der Waals surface area contributed by atoms with Crippen LogP contribution in [0.25, 0.3) is 0 Å². The monoisotopic (exact) mass is 800 g/mol. The lowest BCUT2D eigenvalue weighted by molar-refractivity contribution is -0.145. The number of likely N-dealkylation sites (tertiary alicyclic amines) is 1. The van der Waals surface area contributed by atoms with E-state index in [0.29, 0.717) is 19.2 Å². The highest BCUT2D eigenvalue weighted by atomic mass is 16.5. The van der Waals surface area contributed by atoms with Gasteiger partial charge in [-0.2, -0.15) is 0 Å². The molecule has 1 N–H and O–H groups in total. The average Bonchev–Trinajstić information content (AvgIpc) is 3.49. The fourth-order valence-corrected chi connectivity index (χ4v) is 9.22. The predicted octanol–water partition coefficient (Wildman–Crippen LogP) is 14.0. The van der Waals surface area contributed by atoms with Crippen LogP contribution >= 0.6 is 0 Å². The van der Waals surface area contributed by atoms with Gasteiger partial charge in [-0.25, -0.2) is 0 Å². The molecule has 57 heavy (non-hydrogen) atoms. The third kappa shape index (κ3) is 27.9. The molecule has 0 aromatic rings. The Morgan fingerprint density at radius 3 is 1.75 bits per heavy atom. The number of carbonyl (C=O) groups is 2. The number of piperidine rings is 1. The molecule has 334 valence electrons. The molecular formula is C51H97N3O3.